The first-order valence-electron chi connectivity index (χ1n) is 5.01. The van der Waals surface area contributed by atoms with Crippen LogP contribution in [-0.2, 0) is 6.42 Å². The van der Waals surface area contributed by atoms with Gasteiger partial charge in [-0.3, -0.25) is 4.40 Å². The standard InChI is InChI=1S/C11H14ClN3/c1-8-4-3-5-9-11(12)14-10(15(8)9)6-7-13-2/h3-5,13H,6-7H2,1-2H3. The van der Waals surface area contributed by atoms with Crippen molar-refractivity contribution >= 4 is 17.1 Å². The number of hydrogen-bond acceptors (Lipinski definition) is 2. The maximum Gasteiger partial charge on any atom is 0.155 e. The number of halogens is 1. The smallest absolute Gasteiger partial charge is 0.155 e. The molecule has 0 fully saturated rings. The van der Waals surface area contributed by atoms with Gasteiger partial charge in [0, 0.05) is 18.7 Å². The van der Waals surface area contributed by atoms with Crippen LogP contribution in [0.2, 0.25) is 5.15 Å². The van der Waals surface area contributed by atoms with Crippen molar-refractivity contribution in [3.05, 3.63) is 34.9 Å². The minimum absolute atomic E-state index is 0.588. The molecule has 0 unspecified atom stereocenters. The normalized spacial score (nSPS) is 11.1. The molecule has 0 aromatic carbocycles. The molecule has 2 rings (SSSR count). The van der Waals surface area contributed by atoms with Crippen LogP contribution in [0.3, 0.4) is 0 Å². The first-order chi connectivity index (χ1) is 7.24. The first kappa shape index (κ1) is 10.5. The van der Waals surface area contributed by atoms with Gasteiger partial charge >= 0.3 is 0 Å². The van der Waals surface area contributed by atoms with Crippen molar-refractivity contribution in [2.24, 2.45) is 0 Å². The van der Waals surface area contributed by atoms with E-state index in [4.69, 9.17) is 11.6 Å². The zero-order valence-corrected chi connectivity index (χ0v) is 9.67. The second-order valence-corrected chi connectivity index (χ2v) is 3.92. The van der Waals surface area contributed by atoms with Gasteiger partial charge in [0.05, 0.1) is 5.52 Å². The third kappa shape index (κ3) is 1.85. The van der Waals surface area contributed by atoms with Gasteiger partial charge in [0.1, 0.15) is 5.82 Å². The van der Waals surface area contributed by atoms with Gasteiger partial charge in [-0.2, -0.15) is 0 Å². The summed E-state index contributed by atoms with van der Waals surface area (Å²) in [5, 5.41) is 3.70. The predicted molar refractivity (Wildman–Crippen MR) is 62.6 cm³/mol. The van der Waals surface area contributed by atoms with Crippen molar-refractivity contribution in [2.75, 3.05) is 13.6 Å². The SMILES string of the molecule is CNCCc1nc(Cl)c2cccc(C)n12. The van der Waals surface area contributed by atoms with Gasteiger partial charge in [0.2, 0.25) is 0 Å². The van der Waals surface area contributed by atoms with Gasteiger partial charge < -0.3 is 5.32 Å². The van der Waals surface area contributed by atoms with E-state index in [9.17, 15) is 0 Å². The molecule has 15 heavy (non-hydrogen) atoms. The number of aromatic nitrogens is 2. The first-order valence-corrected chi connectivity index (χ1v) is 5.39. The lowest BCUT2D eigenvalue weighted by Gasteiger charge is -2.04. The van der Waals surface area contributed by atoms with Crippen molar-refractivity contribution in [1.82, 2.24) is 14.7 Å². The summed E-state index contributed by atoms with van der Waals surface area (Å²) in [6, 6.07) is 6.05. The summed E-state index contributed by atoms with van der Waals surface area (Å²) in [6.45, 7) is 2.97. The van der Waals surface area contributed by atoms with Crippen LogP contribution in [0.25, 0.3) is 5.52 Å². The van der Waals surface area contributed by atoms with Crippen LogP contribution in [0, 0.1) is 6.92 Å². The Balaban J connectivity index is 2.54. The number of aryl methyl sites for hydroxylation is 1. The Hall–Kier alpha value is -1.06. The molecule has 0 atom stereocenters. The Morgan fingerprint density at radius 3 is 3.00 bits per heavy atom. The Morgan fingerprint density at radius 2 is 2.27 bits per heavy atom. The summed E-state index contributed by atoms with van der Waals surface area (Å²) in [6.07, 6.45) is 0.884. The van der Waals surface area contributed by atoms with Crippen molar-refractivity contribution in [3.8, 4) is 0 Å². The Morgan fingerprint density at radius 1 is 1.47 bits per heavy atom. The number of nitrogens with one attached hydrogen (secondary N) is 1. The third-order valence-electron chi connectivity index (χ3n) is 2.48. The van der Waals surface area contributed by atoms with E-state index in [1.165, 1.54) is 0 Å². The van der Waals surface area contributed by atoms with Crippen molar-refractivity contribution in [1.29, 1.82) is 0 Å². The summed E-state index contributed by atoms with van der Waals surface area (Å²) in [7, 11) is 1.93. The largest absolute Gasteiger partial charge is 0.319 e. The molecule has 0 saturated heterocycles. The third-order valence-corrected chi connectivity index (χ3v) is 2.76. The Bertz CT molecular complexity index is 476. The molecule has 2 aromatic rings. The molecule has 1 N–H and O–H groups in total. The second kappa shape index (κ2) is 4.21. The van der Waals surface area contributed by atoms with Crippen LogP contribution in [0.1, 0.15) is 11.5 Å². The van der Waals surface area contributed by atoms with Gasteiger partial charge in [-0.05, 0) is 26.1 Å². The highest BCUT2D eigenvalue weighted by Crippen LogP contribution is 2.19. The number of likely N-dealkylation sites (N-methyl/N-ethyl adjacent to an activating group) is 1. The van der Waals surface area contributed by atoms with Crippen LogP contribution < -0.4 is 5.32 Å². The fraction of sp³-hybridized carbons (Fsp3) is 0.364. The summed E-state index contributed by atoms with van der Waals surface area (Å²) >= 11 is 6.08. The van der Waals surface area contributed by atoms with Gasteiger partial charge in [-0.15, -0.1) is 0 Å². The van der Waals surface area contributed by atoms with Crippen molar-refractivity contribution in [3.63, 3.8) is 0 Å². The zero-order chi connectivity index (χ0) is 10.8. The monoisotopic (exact) mass is 223 g/mol. The van der Waals surface area contributed by atoms with E-state index in [-0.39, 0.29) is 0 Å². The molecule has 0 amide bonds. The molecule has 0 spiro atoms. The fourth-order valence-corrected chi connectivity index (χ4v) is 1.99. The van der Waals surface area contributed by atoms with Crippen molar-refractivity contribution in [2.45, 2.75) is 13.3 Å². The molecule has 0 bridgehead atoms. The molecular weight excluding hydrogens is 210 g/mol. The molecular formula is C11H14ClN3. The van der Waals surface area contributed by atoms with Crippen LogP contribution in [0.15, 0.2) is 18.2 Å². The van der Waals surface area contributed by atoms with E-state index in [1.807, 2.05) is 19.2 Å². The molecule has 0 saturated carbocycles. The highest BCUT2D eigenvalue weighted by atomic mass is 35.5. The summed E-state index contributed by atoms with van der Waals surface area (Å²) in [5.74, 6) is 1.02. The lowest BCUT2D eigenvalue weighted by Crippen LogP contribution is -2.12. The van der Waals surface area contributed by atoms with E-state index in [2.05, 4.69) is 27.7 Å². The van der Waals surface area contributed by atoms with Crippen LogP contribution in [0.4, 0.5) is 0 Å². The van der Waals surface area contributed by atoms with Gasteiger partial charge in [-0.25, -0.2) is 4.98 Å². The van der Waals surface area contributed by atoms with Crippen molar-refractivity contribution < 1.29 is 0 Å². The molecule has 2 aromatic heterocycles. The van der Waals surface area contributed by atoms with Gasteiger partial charge in [-0.1, -0.05) is 17.7 Å². The van der Waals surface area contributed by atoms with E-state index in [0.29, 0.717) is 5.15 Å². The maximum absolute atomic E-state index is 6.08. The zero-order valence-electron chi connectivity index (χ0n) is 8.92. The number of pyridine rings is 1. The van der Waals surface area contributed by atoms with E-state index in [1.54, 1.807) is 0 Å². The van der Waals surface area contributed by atoms with Gasteiger partial charge in [0.25, 0.3) is 0 Å². The Labute approximate surface area is 94.1 Å². The maximum atomic E-state index is 6.08. The molecule has 3 nitrogen and oxygen atoms in total. The highest BCUT2D eigenvalue weighted by molar-refractivity contribution is 6.32. The number of hydrogen-bond donors (Lipinski definition) is 1. The highest BCUT2D eigenvalue weighted by Gasteiger charge is 2.09. The molecule has 0 radical (unpaired) electrons. The summed E-state index contributed by atoms with van der Waals surface area (Å²) in [4.78, 5) is 4.38. The molecule has 2 heterocycles. The average molecular weight is 224 g/mol. The predicted octanol–water partition coefficient (Wildman–Crippen LogP) is 2.06. The molecule has 0 aliphatic rings. The van der Waals surface area contributed by atoms with E-state index in [0.717, 1.165) is 30.0 Å². The molecule has 0 aliphatic carbocycles. The van der Waals surface area contributed by atoms with Gasteiger partial charge in [0.15, 0.2) is 5.15 Å². The fourth-order valence-electron chi connectivity index (χ4n) is 1.75. The summed E-state index contributed by atoms with van der Waals surface area (Å²) < 4.78 is 2.11. The average Bonchev–Trinajstić information content (AvgIpc) is 2.55. The lowest BCUT2D eigenvalue weighted by atomic mass is 10.3. The second-order valence-electron chi connectivity index (χ2n) is 3.56. The van der Waals surface area contributed by atoms with Crippen LogP contribution >= 0.6 is 11.6 Å². The number of imidazole rings is 1. The van der Waals surface area contributed by atoms with E-state index < -0.39 is 0 Å². The molecule has 4 heteroatoms. The topological polar surface area (TPSA) is 29.3 Å². The number of nitrogens with zero attached hydrogens (tertiary/aromatic N) is 2. The number of rotatable bonds is 3. The summed E-state index contributed by atoms with van der Waals surface area (Å²) in [5.41, 5.74) is 2.15. The molecule has 80 valence electrons. The lowest BCUT2D eigenvalue weighted by molar-refractivity contribution is 0.749. The molecule has 0 aliphatic heterocycles. The minimum Gasteiger partial charge on any atom is -0.319 e. The number of fused-ring (bicyclic) bond motifs is 1. The quantitative estimate of drug-likeness (QED) is 0.863. The van der Waals surface area contributed by atoms with Crippen LogP contribution in [0.5, 0.6) is 0 Å². The van der Waals surface area contributed by atoms with Crippen LogP contribution in [-0.4, -0.2) is 23.0 Å². The minimum atomic E-state index is 0.588. The Kier molecular flexibility index (Phi) is 2.93. The van der Waals surface area contributed by atoms with E-state index >= 15 is 0 Å².